The highest BCUT2D eigenvalue weighted by Crippen LogP contribution is 2.06. The Labute approximate surface area is 198 Å². The number of amides is 4. The first-order valence-electron chi connectivity index (χ1n) is 11.2. The molecule has 0 bridgehead atoms. The summed E-state index contributed by atoms with van der Waals surface area (Å²) >= 11 is 0. The Morgan fingerprint density at radius 2 is 1.21 bits per heavy atom. The van der Waals surface area contributed by atoms with Crippen molar-refractivity contribution in [2.24, 2.45) is 22.9 Å². The minimum absolute atomic E-state index is 0.102. The second-order valence-electron chi connectivity index (χ2n) is 8.03. The zero-order valence-corrected chi connectivity index (χ0v) is 19.5. The first kappa shape index (κ1) is 31.2. The number of carbonyl (C=O) groups excluding carboxylic acids is 4. The van der Waals surface area contributed by atoms with Crippen molar-refractivity contribution in [2.45, 2.75) is 82.1 Å². The second kappa shape index (κ2) is 16.7. The van der Waals surface area contributed by atoms with E-state index in [4.69, 9.17) is 22.9 Å². The normalized spacial score (nSPS) is 15.3. The number of hydrogen-bond acceptors (Lipinski definition) is 9. The van der Waals surface area contributed by atoms with Crippen LogP contribution in [0.15, 0.2) is 0 Å². The topological polar surface area (TPSA) is 266 Å². The summed E-state index contributed by atoms with van der Waals surface area (Å²) in [6.45, 7) is 2.02. The quantitative estimate of drug-likeness (QED) is 0.0852. The number of carboxylic acid groups (broad SMARTS) is 1. The first-order chi connectivity index (χ1) is 15.9. The maximum absolute atomic E-state index is 12.9. The summed E-state index contributed by atoms with van der Waals surface area (Å²) in [5.74, 6) is -4.70. The molecule has 14 heteroatoms. The van der Waals surface area contributed by atoms with Crippen molar-refractivity contribution in [3.63, 3.8) is 0 Å². The standard InChI is InChI=1S/C20H39N7O7/c1-11(28)16(24)19(32)25-12(6-2-4-8-21)17(30)27-14(10-15(23)29)18(31)26-13(20(33)34)7-3-5-9-22/h11-14,16,28H,2-10,21-22,24H2,1H3,(H2,23,29)(H,25,32)(H,26,31)(H,27,30)(H,33,34). The van der Waals surface area contributed by atoms with E-state index in [1.807, 2.05) is 0 Å². The second-order valence-corrected chi connectivity index (χ2v) is 8.03. The van der Waals surface area contributed by atoms with Crippen LogP contribution in [-0.2, 0) is 24.0 Å². The van der Waals surface area contributed by atoms with E-state index in [-0.39, 0.29) is 12.8 Å². The molecule has 0 spiro atoms. The number of primary amides is 1. The van der Waals surface area contributed by atoms with Gasteiger partial charge >= 0.3 is 5.97 Å². The van der Waals surface area contributed by atoms with Crippen LogP contribution in [0.5, 0.6) is 0 Å². The summed E-state index contributed by atoms with van der Waals surface area (Å²) in [5, 5.41) is 25.9. The minimum atomic E-state index is -1.47. The number of carbonyl (C=O) groups is 5. The summed E-state index contributed by atoms with van der Waals surface area (Å²) in [4.78, 5) is 60.8. The van der Waals surface area contributed by atoms with Crippen LogP contribution in [0.25, 0.3) is 0 Å². The number of aliphatic hydroxyl groups excluding tert-OH is 1. The van der Waals surface area contributed by atoms with Crippen LogP contribution in [0.1, 0.15) is 51.9 Å². The molecule has 4 amide bonds. The molecular weight excluding hydrogens is 450 g/mol. The molecule has 0 radical (unpaired) electrons. The van der Waals surface area contributed by atoms with Gasteiger partial charge < -0.3 is 49.1 Å². The van der Waals surface area contributed by atoms with Gasteiger partial charge in [0.05, 0.1) is 12.5 Å². The van der Waals surface area contributed by atoms with Crippen LogP contribution >= 0.6 is 0 Å². The lowest BCUT2D eigenvalue weighted by atomic mass is 10.0. The number of aliphatic hydroxyl groups is 1. The van der Waals surface area contributed by atoms with Gasteiger partial charge in [0, 0.05) is 0 Å². The molecule has 5 atom stereocenters. The number of carboxylic acids is 1. The molecule has 0 aromatic heterocycles. The minimum Gasteiger partial charge on any atom is -0.480 e. The number of unbranched alkanes of at least 4 members (excludes halogenated alkanes) is 2. The van der Waals surface area contributed by atoms with E-state index in [1.54, 1.807) is 0 Å². The van der Waals surface area contributed by atoms with Gasteiger partial charge in [-0.25, -0.2) is 4.79 Å². The lowest BCUT2D eigenvalue weighted by molar-refractivity contribution is -0.142. The van der Waals surface area contributed by atoms with E-state index in [2.05, 4.69) is 16.0 Å². The van der Waals surface area contributed by atoms with Crippen LogP contribution < -0.4 is 38.9 Å². The third-order valence-electron chi connectivity index (χ3n) is 5.00. The highest BCUT2D eigenvalue weighted by Gasteiger charge is 2.31. The molecule has 5 unspecified atom stereocenters. The smallest absolute Gasteiger partial charge is 0.326 e. The monoisotopic (exact) mass is 489 g/mol. The molecule has 0 aliphatic rings. The van der Waals surface area contributed by atoms with Gasteiger partial charge in [-0.1, -0.05) is 0 Å². The highest BCUT2D eigenvalue weighted by atomic mass is 16.4. The molecule has 13 N–H and O–H groups in total. The lowest BCUT2D eigenvalue weighted by Crippen LogP contribution is -2.58. The average molecular weight is 490 g/mol. The molecule has 0 aromatic carbocycles. The van der Waals surface area contributed by atoms with Gasteiger partial charge in [-0.05, 0) is 58.5 Å². The number of hydrogen-bond donors (Lipinski definition) is 9. The Hall–Kier alpha value is -2.81. The van der Waals surface area contributed by atoms with Gasteiger partial charge in [-0.15, -0.1) is 0 Å². The Morgan fingerprint density at radius 1 is 0.765 bits per heavy atom. The van der Waals surface area contributed by atoms with Crippen molar-refractivity contribution in [3.05, 3.63) is 0 Å². The Morgan fingerprint density at radius 3 is 1.65 bits per heavy atom. The van der Waals surface area contributed by atoms with Gasteiger partial charge in [-0.2, -0.15) is 0 Å². The zero-order valence-electron chi connectivity index (χ0n) is 19.5. The fraction of sp³-hybridized carbons (Fsp3) is 0.750. The predicted octanol–water partition coefficient (Wildman–Crippen LogP) is -3.63. The molecule has 0 aliphatic carbocycles. The number of aliphatic carboxylic acids is 1. The molecule has 196 valence electrons. The van der Waals surface area contributed by atoms with E-state index in [1.165, 1.54) is 6.92 Å². The molecule has 0 saturated heterocycles. The molecule has 14 nitrogen and oxygen atoms in total. The molecule has 0 aliphatic heterocycles. The number of nitrogens with two attached hydrogens (primary N) is 4. The molecule has 0 saturated carbocycles. The van der Waals surface area contributed by atoms with Crippen molar-refractivity contribution < 1.29 is 34.2 Å². The van der Waals surface area contributed by atoms with E-state index in [9.17, 15) is 34.2 Å². The van der Waals surface area contributed by atoms with E-state index >= 15 is 0 Å². The third kappa shape index (κ3) is 12.4. The summed E-state index contributed by atoms with van der Waals surface area (Å²) in [5.41, 5.74) is 21.7. The maximum atomic E-state index is 12.9. The summed E-state index contributed by atoms with van der Waals surface area (Å²) in [6, 6.07) is -5.16. The van der Waals surface area contributed by atoms with Gasteiger partial charge in [0.2, 0.25) is 23.6 Å². The summed E-state index contributed by atoms with van der Waals surface area (Å²) in [7, 11) is 0. The SMILES string of the molecule is CC(O)C(N)C(=O)NC(CCCCN)C(=O)NC(CC(N)=O)C(=O)NC(CCCCN)C(=O)O. The van der Waals surface area contributed by atoms with E-state index < -0.39 is 66.3 Å². The highest BCUT2D eigenvalue weighted by molar-refractivity contribution is 5.96. The van der Waals surface area contributed by atoms with Crippen molar-refractivity contribution in [1.82, 2.24) is 16.0 Å². The van der Waals surface area contributed by atoms with Crippen LogP contribution in [0.3, 0.4) is 0 Å². The average Bonchev–Trinajstić information content (AvgIpc) is 2.76. The largest absolute Gasteiger partial charge is 0.480 e. The van der Waals surface area contributed by atoms with Crippen molar-refractivity contribution in [2.75, 3.05) is 13.1 Å². The van der Waals surface area contributed by atoms with Crippen molar-refractivity contribution >= 4 is 29.6 Å². The fourth-order valence-corrected chi connectivity index (χ4v) is 2.95. The van der Waals surface area contributed by atoms with Crippen LogP contribution in [0, 0.1) is 0 Å². The predicted molar refractivity (Wildman–Crippen MR) is 123 cm³/mol. The van der Waals surface area contributed by atoms with Crippen LogP contribution in [0.2, 0.25) is 0 Å². The lowest BCUT2D eigenvalue weighted by Gasteiger charge is -2.25. The number of nitrogens with one attached hydrogen (secondary N) is 3. The molecule has 0 aromatic rings. The van der Waals surface area contributed by atoms with E-state index in [0.29, 0.717) is 38.8 Å². The van der Waals surface area contributed by atoms with Crippen molar-refractivity contribution in [3.8, 4) is 0 Å². The fourth-order valence-electron chi connectivity index (χ4n) is 2.95. The number of rotatable bonds is 18. The third-order valence-corrected chi connectivity index (χ3v) is 5.00. The maximum Gasteiger partial charge on any atom is 0.326 e. The Balaban J connectivity index is 5.47. The van der Waals surface area contributed by atoms with E-state index in [0.717, 1.165) is 0 Å². The molecule has 0 rings (SSSR count). The summed E-state index contributed by atoms with van der Waals surface area (Å²) in [6.07, 6.45) is 0.480. The van der Waals surface area contributed by atoms with Crippen LogP contribution in [-0.4, -0.2) is 83.2 Å². The van der Waals surface area contributed by atoms with Crippen molar-refractivity contribution in [1.29, 1.82) is 0 Å². The van der Waals surface area contributed by atoms with Gasteiger partial charge in [0.25, 0.3) is 0 Å². The van der Waals surface area contributed by atoms with Crippen LogP contribution in [0.4, 0.5) is 0 Å². The summed E-state index contributed by atoms with van der Waals surface area (Å²) < 4.78 is 0. The molecule has 34 heavy (non-hydrogen) atoms. The molecule has 0 fully saturated rings. The van der Waals surface area contributed by atoms with Gasteiger partial charge in [-0.3, -0.25) is 19.2 Å². The van der Waals surface area contributed by atoms with Gasteiger partial charge in [0.1, 0.15) is 24.2 Å². The zero-order chi connectivity index (χ0) is 26.3. The van der Waals surface area contributed by atoms with Gasteiger partial charge in [0.15, 0.2) is 0 Å². The molecular formula is C20H39N7O7. The Bertz CT molecular complexity index is 690. The first-order valence-corrected chi connectivity index (χ1v) is 11.2. The Kier molecular flexibility index (Phi) is 15.4. The molecule has 0 heterocycles.